The summed E-state index contributed by atoms with van der Waals surface area (Å²) in [6.07, 6.45) is -0.849. The second-order valence-corrected chi connectivity index (χ2v) is 8.39. The van der Waals surface area contributed by atoms with Gasteiger partial charge in [-0.25, -0.2) is 24.3 Å². The van der Waals surface area contributed by atoms with E-state index in [1.165, 1.54) is 18.5 Å². The molecule has 0 saturated carbocycles. The molecule has 0 aliphatic carbocycles. The molecule has 0 fully saturated rings. The molecule has 0 aromatic carbocycles. The van der Waals surface area contributed by atoms with E-state index in [0.717, 1.165) is 18.8 Å². The molecule has 4 rings (SSSR count). The Morgan fingerprint density at radius 3 is 2.47 bits per heavy atom. The molecular weight excluding hydrogens is 478 g/mol. The zero-order valence-electron chi connectivity index (χ0n) is 19.7. The van der Waals surface area contributed by atoms with Gasteiger partial charge in [-0.3, -0.25) is 0 Å². The summed E-state index contributed by atoms with van der Waals surface area (Å²) in [5.74, 6) is 0.640. The van der Waals surface area contributed by atoms with Crippen LogP contribution in [0.2, 0.25) is 0 Å². The third-order valence-corrected chi connectivity index (χ3v) is 5.09. The molecule has 0 amide bonds. The largest absolute Gasteiger partial charge is 0.417 e. The first-order valence-electron chi connectivity index (χ1n) is 10.9. The Bertz CT molecular complexity index is 1340. The van der Waals surface area contributed by atoms with Gasteiger partial charge in [0.05, 0.1) is 17.4 Å². The molecule has 0 radical (unpaired) electrons. The summed E-state index contributed by atoms with van der Waals surface area (Å²) < 4.78 is 52.2. The smallest absolute Gasteiger partial charge is 0.365 e. The lowest BCUT2D eigenvalue weighted by molar-refractivity contribution is -0.137. The minimum Gasteiger partial charge on any atom is -0.365 e. The van der Waals surface area contributed by atoms with Crippen LogP contribution in [0.1, 0.15) is 18.1 Å². The fourth-order valence-electron chi connectivity index (χ4n) is 3.57. The molecule has 36 heavy (non-hydrogen) atoms. The van der Waals surface area contributed by atoms with Crippen LogP contribution in [-0.4, -0.2) is 61.7 Å². The fourth-order valence-corrected chi connectivity index (χ4v) is 3.57. The highest BCUT2D eigenvalue weighted by atomic mass is 19.4. The van der Waals surface area contributed by atoms with Crippen molar-refractivity contribution in [2.24, 2.45) is 0 Å². The van der Waals surface area contributed by atoms with Crippen LogP contribution in [0.5, 0.6) is 0 Å². The normalized spacial score (nSPS) is 12.7. The number of pyridine rings is 2. The molecule has 13 heteroatoms. The molecule has 0 spiro atoms. The Labute approximate surface area is 204 Å². The number of likely N-dealkylation sites (N-methyl/N-ethyl adjacent to an activating group) is 1. The van der Waals surface area contributed by atoms with Crippen LogP contribution < -0.4 is 10.6 Å². The third kappa shape index (κ3) is 5.79. The van der Waals surface area contributed by atoms with Crippen LogP contribution in [0.25, 0.3) is 22.6 Å². The zero-order valence-corrected chi connectivity index (χ0v) is 19.7. The summed E-state index contributed by atoms with van der Waals surface area (Å²) in [5.41, 5.74) is 0.996. The first-order chi connectivity index (χ1) is 17.1. The molecule has 0 saturated heterocycles. The molecule has 188 valence electrons. The molecule has 9 nitrogen and oxygen atoms in total. The quantitative estimate of drug-likeness (QED) is 0.338. The van der Waals surface area contributed by atoms with Gasteiger partial charge in [-0.15, -0.1) is 10.2 Å². The minimum absolute atomic E-state index is 0.0716. The van der Waals surface area contributed by atoms with E-state index in [1.807, 2.05) is 25.9 Å². The van der Waals surface area contributed by atoms with Crippen LogP contribution in [0, 0.1) is 0 Å². The topological polar surface area (TPSA) is 105 Å². The summed E-state index contributed by atoms with van der Waals surface area (Å²) in [6, 6.07) is 5.40. The number of alkyl halides is 4. The predicted octanol–water partition coefficient (Wildman–Crippen LogP) is 4.47. The zero-order chi connectivity index (χ0) is 25.9. The van der Waals surface area contributed by atoms with Crippen molar-refractivity contribution in [1.82, 2.24) is 35.0 Å². The van der Waals surface area contributed by atoms with Crippen molar-refractivity contribution in [2.45, 2.75) is 25.8 Å². The van der Waals surface area contributed by atoms with Crippen molar-refractivity contribution >= 4 is 28.5 Å². The highest BCUT2D eigenvalue weighted by molar-refractivity contribution is 5.87. The number of anilines is 3. The lowest BCUT2D eigenvalue weighted by Gasteiger charge is -2.19. The van der Waals surface area contributed by atoms with Gasteiger partial charge in [0.15, 0.2) is 5.65 Å². The SMILES string of the molecule is CC(CN(C)C)Nc1cc(CF)c(-c2cnc3c(Nc4ccc(C(F)(F)F)cn4)ccnc3n2)nn1. The summed E-state index contributed by atoms with van der Waals surface area (Å²) in [6.45, 7) is 1.96. The Kier molecular flexibility index (Phi) is 7.20. The summed E-state index contributed by atoms with van der Waals surface area (Å²) in [5, 5.41) is 14.4. The highest BCUT2D eigenvalue weighted by Gasteiger charge is 2.30. The lowest BCUT2D eigenvalue weighted by atomic mass is 10.1. The lowest BCUT2D eigenvalue weighted by Crippen LogP contribution is -2.30. The van der Waals surface area contributed by atoms with E-state index in [0.29, 0.717) is 22.6 Å². The molecule has 4 aromatic rings. The average molecular weight is 501 g/mol. The number of nitrogens with zero attached hydrogens (tertiary/aromatic N) is 7. The van der Waals surface area contributed by atoms with Gasteiger partial charge < -0.3 is 15.5 Å². The molecule has 2 N–H and O–H groups in total. The predicted molar refractivity (Wildman–Crippen MR) is 127 cm³/mol. The van der Waals surface area contributed by atoms with Gasteiger partial charge in [-0.1, -0.05) is 0 Å². The van der Waals surface area contributed by atoms with Crippen LogP contribution in [0.4, 0.5) is 34.9 Å². The van der Waals surface area contributed by atoms with E-state index in [2.05, 4.69) is 40.8 Å². The number of fused-ring (bicyclic) bond motifs is 1. The highest BCUT2D eigenvalue weighted by Crippen LogP contribution is 2.30. The number of aromatic nitrogens is 6. The van der Waals surface area contributed by atoms with Gasteiger partial charge in [-0.2, -0.15) is 13.2 Å². The first-order valence-corrected chi connectivity index (χ1v) is 10.9. The number of halogens is 4. The second-order valence-electron chi connectivity index (χ2n) is 8.39. The molecular formula is C23H23F4N9. The fraction of sp³-hybridized carbons (Fsp3) is 0.304. The van der Waals surface area contributed by atoms with Crippen molar-refractivity contribution in [3.8, 4) is 11.4 Å². The van der Waals surface area contributed by atoms with Gasteiger partial charge >= 0.3 is 6.18 Å². The van der Waals surface area contributed by atoms with Gasteiger partial charge in [-0.05, 0) is 45.3 Å². The molecule has 0 bridgehead atoms. The molecule has 0 aliphatic rings. The number of hydrogen-bond acceptors (Lipinski definition) is 9. The van der Waals surface area contributed by atoms with Crippen LogP contribution in [0.15, 0.2) is 42.9 Å². The standard InChI is InChI=1S/C23H23F4N9/c1-13(12-36(2)3)31-19-8-14(9-24)20(35-34-19)17-11-30-21-16(6-7-28-22(21)33-17)32-18-5-4-15(10-29-18)23(25,26)27/h4-8,10-11,13H,9,12H2,1-3H3,(H,31,34)(H,28,29,32,33). The maximum absolute atomic E-state index is 13.9. The molecule has 1 atom stereocenters. The van der Waals surface area contributed by atoms with Gasteiger partial charge in [0, 0.05) is 30.5 Å². The molecule has 4 heterocycles. The third-order valence-electron chi connectivity index (χ3n) is 5.09. The Morgan fingerprint density at radius 1 is 1.00 bits per heavy atom. The van der Waals surface area contributed by atoms with Crippen molar-refractivity contribution in [3.05, 3.63) is 54.0 Å². The molecule has 0 aliphatic heterocycles. The monoisotopic (exact) mass is 501 g/mol. The van der Waals surface area contributed by atoms with Crippen molar-refractivity contribution in [3.63, 3.8) is 0 Å². The van der Waals surface area contributed by atoms with E-state index < -0.39 is 18.4 Å². The van der Waals surface area contributed by atoms with Crippen molar-refractivity contribution in [1.29, 1.82) is 0 Å². The van der Waals surface area contributed by atoms with E-state index in [1.54, 1.807) is 12.1 Å². The van der Waals surface area contributed by atoms with Gasteiger partial charge in [0.25, 0.3) is 0 Å². The Morgan fingerprint density at radius 2 is 1.81 bits per heavy atom. The van der Waals surface area contributed by atoms with Crippen LogP contribution in [-0.2, 0) is 12.9 Å². The van der Waals surface area contributed by atoms with E-state index in [4.69, 9.17) is 0 Å². The van der Waals surface area contributed by atoms with Crippen LogP contribution in [0.3, 0.4) is 0 Å². The number of nitrogens with one attached hydrogen (secondary N) is 2. The van der Waals surface area contributed by atoms with E-state index >= 15 is 0 Å². The minimum atomic E-state index is -4.48. The van der Waals surface area contributed by atoms with Crippen LogP contribution >= 0.6 is 0 Å². The van der Waals surface area contributed by atoms with Crippen molar-refractivity contribution in [2.75, 3.05) is 31.3 Å². The Balaban J connectivity index is 1.60. The Hall–Kier alpha value is -4.00. The number of hydrogen-bond donors (Lipinski definition) is 2. The van der Waals surface area contributed by atoms with Gasteiger partial charge in [0.2, 0.25) is 0 Å². The van der Waals surface area contributed by atoms with Gasteiger partial charge in [0.1, 0.15) is 35.2 Å². The first kappa shape index (κ1) is 25.1. The van der Waals surface area contributed by atoms with Crippen molar-refractivity contribution < 1.29 is 17.6 Å². The average Bonchev–Trinajstić information content (AvgIpc) is 2.83. The second kappa shape index (κ2) is 10.3. The van der Waals surface area contributed by atoms with E-state index in [9.17, 15) is 17.6 Å². The summed E-state index contributed by atoms with van der Waals surface area (Å²) >= 11 is 0. The summed E-state index contributed by atoms with van der Waals surface area (Å²) in [4.78, 5) is 18.9. The molecule has 4 aromatic heterocycles. The van der Waals surface area contributed by atoms with E-state index in [-0.39, 0.29) is 28.9 Å². The number of rotatable bonds is 8. The maximum atomic E-state index is 13.9. The summed E-state index contributed by atoms with van der Waals surface area (Å²) in [7, 11) is 3.90. The molecule has 1 unspecified atom stereocenters. The maximum Gasteiger partial charge on any atom is 0.417 e.